The van der Waals surface area contributed by atoms with Gasteiger partial charge in [-0.05, 0) is 30.2 Å². The maximum Gasteiger partial charge on any atom is 0.188 e. The molecule has 1 aliphatic heterocycles. The van der Waals surface area contributed by atoms with Crippen LogP contribution in [0.2, 0.25) is 31.4 Å². The molecule has 1 saturated heterocycles. The Morgan fingerprint density at radius 1 is 1.28 bits per heavy atom. The van der Waals surface area contributed by atoms with Crippen molar-refractivity contribution in [1.82, 2.24) is 0 Å². The van der Waals surface area contributed by atoms with Gasteiger partial charge in [-0.25, -0.2) is 0 Å². The van der Waals surface area contributed by atoms with Gasteiger partial charge >= 0.3 is 0 Å². The fraction of sp³-hybridized carbons (Fsp3) is 0.467. The highest BCUT2D eigenvalue weighted by Crippen LogP contribution is 2.49. The first-order chi connectivity index (χ1) is 8.37. The molecule has 1 nitrogen and oxygen atoms in total. The Kier molecular flexibility index (Phi) is 3.67. The van der Waals surface area contributed by atoms with Gasteiger partial charge in [-0.3, -0.25) is 0 Å². The van der Waals surface area contributed by atoms with Gasteiger partial charge in [0.05, 0.1) is 14.2 Å². The molecule has 2 unspecified atom stereocenters. The lowest BCUT2D eigenvalue weighted by Gasteiger charge is -2.33. The molecule has 1 aromatic rings. The normalized spacial score (nSPS) is 27.1. The Morgan fingerprint density at radius 3 is 2.44 bits per heavy atom. The van der Waals surface area contributed by atoms with Crippen LogP contribution in [0.4, 0.5) is 0 Å². The summed E-state index contributed by atoms with van der Waals surface area (Å²) in [5.74, 6) is 0. The first-order valence-electron chi connectivity index (χ1n) is 6.73. The highest BCUT2D eigenvalue weighted by Gasteiger charge is 2.50. The summed E-state index contributed by atoms with van der Waals surface area (Å²) in [6.07, 6.45) is 1.50. The summed E-state index contributed by atoms with van der Waals surface area (Å²) in [5.41, 5.74) is 3.58. The van der Waals surface area contributed by atoms with E-state index in [1.54, 1.807) is 0 Å². The largest absolute Gasteiger partial charge is 0.410 e. The molecule has 1 aromatic carbocycles. The zero-order valence-electron chi connectivity index (χ0n) is 11.9. The minimum absolute atomic E-state index is 0.310. The fourth-order valence-electron chi connectivity index (χ4n) is 3.21. The van der Waals surface area contributed by atoms with Gasteiger partial charge in [0.15, 0.2) is 8.32 Å². The fourth-order valence-corrected chi connectivity index (χ4v) is 14.0. The first-order valence-corrected chi connectivity index (χ1v) is 12.9. The SMILES string of the molecule is C=C[Si](C)(C)C1CC(c2ccccc2)O[Si]1(C)C. The van der Waals surface area contributed by atoms with E-state index < -0.39 is 16.4 Å². The zero-order valence-corrected chi connectivity index (χ0v) is 13.9. The third-order valence-electron chi connectivity index (χ3n) is 4.33. The van der Waals surface area contributed by atoms with Crippen LogP contribution in [-0.4, -0.2) is 16.4 Å². The molecular formula is C15H24OSi2. The van der Waals surface area contributed by atoms with Gasteiger partial charge in [0.2, 0.25) is 0 Å². The van der Waals surface area contributed by atoms with E-state index in [1.165, 1.54) is 12.0 Å². The lowest BCUT2D eigenvalue weighted by Crippen LogP contribution is -2.44. The highest BCUT2D eigenvalue weighted by atomic mass is 28.4. The monoisotopic (exact) mass is 276 g/mol. The van der Waals surface area contributed by atoms with Crippen LogP contribution < -0.4 is 0 Å². The second-order valence-corrected chi connectivity index (χ2v) is 15.9. The summed E-state index contributed by atoms with van der Waals surface area (Å²) in [4.78, 5) is 0. The molecule has 0 radical (unpaired) electrons. The van der Waals surface area contributed by atoms with E-state index >= 15 is 0 Å². The number of benzene rings is 1. The summed E-state index contributed by atoms with van der Waals surface area (Å²) in [6, 6.07) is 10.7. The Balaban J connectivity index is 2.25. The Bertz CT molecular complexity index is 425. The third kappa shape index (κ3) is 2.53. The highest BCUT2D eigenvalue weighted by molar-refractivity contribution is 6.97. The topological polar surface area (TPSA) is 9.23 Å². The number of hydrogen-bond donors (Lipinski definition) is 0. The second-order valence-electron chi connectivity index (χ2n) is 6.43. The molecule has 0 saturated carbocycles. The minimum atomic E-state index is -1.58. The summed E-state index contributed by atoms with van der Waals surface area (Å²) >= 11 is 0. The van der Waals surface area contributed by atoms with Crippen molar-refractivity contribution in [3.63, 3.8) is 0 Å². The van der Waals surface area contributed by atoms with E-state index in [4.69, 9.17) is 4.43 Å². The van der Waals surface area contributed by atoms with Gasteiger partial charge in [-0.2, -0.15) is 0 Å². The Hall–Kier alpha value is -0.646. The van der Waals surface area contributed by atoms with E-state index in [9.17, 15) is 0 Å². The Morgan fingerprint density at radius 2 is 1.89 bits per heavy atom. The molecule has 2 atom stereocenters. The molecule has 0 N–H and O–H groups in total. The second kappa shape index (κ2) is 4.80. The van der Waals surface area contributed by atoms with Crippen LogP contribution >= 0.6 is 0 Å². The van der Waals surface area contributed by atoms with Crippen molar-refractivity contribution in [1.29, 1.82) is 0 Å². The molecule has 0 bridgehead atoms. The maximum atomic E-state index is 6.46. The lowest BCUT2D eigenvalue weighted by molar-refractivity contribution is 0.229. The molecule has 3 heteroatoms. The zero-order chi connectivity index (χ0) is 13.4. The molecule has 1 aliphatic rings. The van der Waals surface area contributed by atoms with Crippen molar-refractivity contribution in [2.45, 2.75) is 43.9 Å². The van der Waals surface area contributed by atoms with Crippen LogP contribution in [0, 0.1) is 0 Å². The van der Waals surface area contributed by atoms with E-state index in [2.05, 4.69) is 68.8 Å². The molecule has 98 valence electrons. The average molecular weight is 277 g/mol. The van der Waals surface area contributed by atoms with Crippen molar-refractivity contribution in [2.24, 2.45) is 0 Å². The van der Waals surface area contributed by atoms with Crippen molar-refractivity contribution in [2.75, 3.05) is 0 Å². The van der Waals surface area contributed by atoms with E-state index in [0.717, 1.165) is 5.16 Å². The van der Waals surface area contributed by atoms with Gasteiger partial charge in [0.25, 0.3) is 0 Å². The van der Waals surface area contributed by atoms with Crippen molar-refractivity contribution in [3.05, 3.63) is 48.2 Å². The molecule has 1 fully saturated rings. The van der Waals surface area contributed by atoms with Crippen molar-refractivity contribution >= 4 is 16.4 Å². The van der Waals surface area contributed by atoms with Crippen LogP contribution in [0.3, 0.4) is 0 Å². The number of rotatable bonds is 3. The van der Waals surface area contributed by atoms with Gasteiger partial charge in [-0.15, -0.1) is 12.3 Å². The summed E-state index contributed by atoms with van der Waals surface area (Å²) < 4.78 is 6.46. The molecule has 0 spiro atoms. The molecule has 1 heterocycles. The van der Waals surface area contributed by atoms with Crippen LogP contribution in [0.25, 0.3) is 0 Å². The molecule has 0 aromatic heterocycles. The molecule has 0 aliphatic carbocycles. The van der Waals surface area contributed by atoms with Crippen LogP contribution in [0.1, 0.15) is 18.1 Å². The standard InChI is InChI=1S/C15H24OSi2/c1-6-17(2,3)15-12-14(16-18(15,4)5)13-10-8-7-9-11-13/h6-11,14-15H,1,12H2,2-5H3. The van der Waals surface area contributed by atoms with E-state index in [0.29, 0.717) is 6.10 Å². The van der Waals surface area contributed by atoms with Crippen LogP contribution in [-0.2, 0) is 4.43 Å². The molecular weight excluding hydrogens is 252 g/mol. The number of hydrogen-bond acceptors (Lipinski definition) is 1. The van der Waals surface area contributed by atoms with Crippen molar-refractivity contribution < 1.29 is 4.43 Å². The van der Waals surface area contributed by atoms with Gasteiger partial charge in [0.1, 0.15) is 0 Å². The van der Waals surface area contributed by atoms with Gasteiger partial charge in [-0.1, -0.05) is 43.4 Å². The predicted octanol–water partition coefficient (Wildman–Crippen LogP) is 4.70. The molecule has 2 rings (SSSR count). The van der Waals surface area contributed by atoms with Crippen LogP contribution in [0.5, 0.6) is 0 Å². The smallest absolute Gasteiger partial charge is 0.188 e. The van der Waals surface area contributed by atoms with Gasteiger partial charge in [0, 0.05) is 0 Å². The molecule has 18 heavy (non-hydrogen) atoms. The van der Waals surface area contributed by atoms with E-state index in [1.807, 2.05) is 0 Å². The predicted molar refractivity (Wildman–Crippen MR) is 83.8 cm³/mol. The summed E-state index contributed by atoms with van der Waals surface area (Å²) in [7, 11) is -2.94. The average Bonchev–Trinajstić information content (AvgIpc) is 2.67. The molecule has 0 amide bonds. The summed E-state index contributed by atoms with van der Waals surface area (Å²) in [6.45, 7) is 13.7. The Labute approximate surface area is 113 Å². The lowest BCUT2D eigenvalue weighted by atomic mass is 10.1. The maximum absolute atomic E-state index is 6.46. The van der Waals surface area contributed by atoms with Crippen molar-refractivity contribution in [3.8, 4) is 0 Å². The third-order valence-corrected chi connectivity index (χ3v) is 14.5. The van der Waals surface area contributed by atoms with E-state index in [-0.39, 0.29) is 0 Å². The quantitative estimate of drug-likeness (QED) is 0.727. The first kappa shape index (κ1) is 13.8. The summed E-state index contributed by atoms with van der Waals surface area (Å²) in [5, 5.41) is 0.771. The van der Waals surface area contributed by atoms with Crippen LogP contribution in [0.15, 0.2) is 42.6 Å². The van der Waals surface area contributed by atoms with Gasteiger partial charge < -0.3 is 4.43 Å². The minimum Gasteiger partial charge on any atom is -0.410 e.